The fourth-order valence-electron chi connectivity index (χ4n) is 1.61. The van der Waals surface area contributed by atoms with E-state index in [1.165, 1.54) is 12.1 Å². The highest BCUT2D eigenvalue weighted by Gasteiger charge is 1.99. The molecule has 0 aliphatic heterocycles. The van der Waals surface area contributed by atoms with Gasteiger partial charge >= 0.3 is 0 Å². The lowest BCUT2D eigenvalue weighted by molar-refractivity contribution is 0.394. The number of hydrazone groups is 1. The average Bonchev–Trinajstić information content (AvgIpc) is 2.49. The molecular weight excluding hydrogens is 259 g/mol. The first-order valence-corrected chi connectivity index (χ1v) is 5.99. The minimum atomic E-state index is -0.280. The van der Waals surface area contributed by atoms with Crippen molar-refractivity contribution in [1.29, 1.82) is 0 Å². The van der Waals surface area contributed by atoms with Gasteiger partial charge in [-0.25, -0.2) is 4.39 Å². The lowest BCUT2D eigenvalue weighted by Gasteiger charge is -2.05. The molecule has 104 valence electrons. The Balaban J connectivity index is 2.08. The molecule has 0 atom stereocenters. The van der Waals surface area contributed by atoms with Crippen LogP contribution >= 0.6 is 0 Å². The second-order valence-electron chi connectivity index (χ2n) is 4.02. The van der Waals surface area contributed by atoms with Crippen LogP contribution in [0.15, 0.2) is 47.6 Å². The summed E-state index contributed by atoms with van der Waals surface area (Å²) in [7, 11) is 3.18. The van der Waals surface area contributed by atoms with Crippen LogP contribution in [0.3, 0.4) is 0 Å². The number of benzene rings is 2. The first-order chi connectivity index (χ1) is 9.71. The van der Waals surface area contributed by atoms with Crippen molar-refractivity contribution in [2.45, 2.75) is 0 Å². The SMILES string of the molecule is COc1cc(/C=N\Nc2ccc(F)cc2)cc(OC)c1. The zero-order valence-corrected chi connectivity index (χ0v) is 11.3. The van der Waals surface area contributed by atoms with Gasteiger partial charge in [0.2, 0.25) is 0 Å². The Bertz CT molecular complexity index is 575. The summed E-state index contributed by atoms with van der Waals surface area (Å²) in [6, 6.07) is 11.4. The smallest absolute Gasteiger partial charge is 0.123 e. The highest BCUT2D eigenvalue weighted by molar-refractivity contribution is 5.81. The normalized spacial score (nSPS) is 10.6. The summed E-state index contributed by atoms with van der Waals surface area (Å²) in [5.74, 6) is 1.09. The lowest BCUT2D eigenvalue weighted by Crippen LogP contribution is -1.93. The maximum Gasteiger partial charge on any atom is 0.123 e. The van der Waals surface area contributed by atoms with Crippen LogP contribution in [-0.4, -0.2) is 20.4 Å². The second-order valence-corrected chi connectivity index (χ2v) is 4.02. The van der Waals surface area contributed by atoms with Crippen LogP contribution in [0.1, 0.15) is 5.56 Å². The van der Waals surface area contributed by atoms with E-state index in [1.807, 2.05) is 12.1 Å². The number of hydrogen-bond donors (Lipinski definition) is 1. The predicted molar refractivity (Wildman–Crippen MR) is 77.2 cm³/mol. The third kappa shape index (κ3) is 3.71. The fourth-order valence-corrected chi connectivity index (χ4v) is 1.61. The number of rotatable bonds is 5. The zero-order chi connectivity index (χ0) is 14.4. The molecule has 1 N–H and O–H groups in total. The van der Waals surface area contributed by atoms with Crippen molar-refractivity contribution in [2.75, 3.05) is 19.6 Å². The third-order valence-electron chi connectivity index (χ3n) is 2.63. The number of nitrogens with one attached hydrogen (secondary N) is 1. The maximum atomic E-state index is 12.7. The number of nitrogens with zero attached hydrogens (tertiary/aromatic N) is 1. The van der Waals surface area contributed by atoms with Crippen LogP contribution in [0.5, 0.6) is 11.5 Å². The van der Waals surface area contributed by atoms with Crippen molar-refractivity contribution >= 4 is 11.9 Å². The van der Waals surface area contributed by atoms with E-state index >= 15 is 0 Å². The van der Waals surface area contributed by atoms with Crippen molar-refractivity contribution in [3.63, 3.8) is 0 Å². The van der Waals surface area contributed by atoms with Crippen LogP contribution in [0.4, 0.5) is 10.1 Å². The van der Waals surface area contributed by atoms with E-state index in [1.54, 1.807) is 38.6 Å². The maximum absolute atomic E-state index is 12.7. The molecule has 0 heterocycles. The van der Waals surface area contributed by atoms with Gasteiger partial charge in [-0.05, 0) is 36.4 Å². The molecule has 0 aromatic heterocycles. The zero-order valence-electron chi connectivity index (χ0n) is 11.3. The van der Waals surface area contributed by atoms with Gasteiger partial charge in [-0.1, -0.05) is 0 Å². The molecular formula is C15H15FN2O2. The summed E-state index contributed by atoms with van der Waals surface area (Å²) < 4.78 is 23.1. The van der Waals surface area contributed by atoms with E-state index in [-0.39, 0.29) is 5.82 Å². The number of hydrogen-bond acceptors (Lipinski definition) is 4. The minimum absolute atomic E-state index is 0.280. The number of methoxy groups -OCH3 is 2. The van der Waals surface area contributed by atoms with Crippen LogP contribution in [-0.2, 0) is 0 Å². The van der Waals surface area contributed by atoms with Gasteiger partial charge in [-0.3, -0.25) is 5.43 Å². The van der Waals surface area contributed by atoms with Crippen LogP contribution in [0, 0.1) is 5.82 Å². The predicted octanol–water partition coefficient (Wildman–Crippen LogP) is 3.29. The summed E-state index contributed by atoms with van der Waals surface area (Å²) in [6.45, 7) is 0. The summed E-state index contributed by atoms with van der Waals surface area (Å²) in [6.07, 6.45) is 1.63. The molecule has 0 saturated heterocycles. The van der Waals surface area contributed by atoms with Crippen LogP contribution < -0.4 is 14.9 Å². The van der Waals surface area contributed by atoms with Crippen molar-refractivity contribution in [1.82, 2.24) is 0 Å². The van der Waals surface area contributed by atoms with E-state index < -0.39 is 0 Å². The minimum Gasteiger partial charge on any atom is -0.497 e. The molecule has 2 aromatic carbocycles. The molecule has 5 heteroatoms. The van der Waals surface area contributed by atoms with Gasteiger partial charge in [0.1, 0.15) is 17.3 Å². The van der Waals surface area contributed by atoms with Crippen molar-refractivity contribution in [2.24, 2.45) is 5.10 Å². The first-order valence-electron chi connectivity index (χ1n) is 5.99. The van der Waals surface area contributed by atoms with Gasteiger partial charge in [-0.2, -0.15) is 5.10 Å². The van der Waals surface area contributed by atoms with E-state index in [4.69, 9.17) is 9.47 Å². The molecule has 2 rings (SSSR count). The molecule has 20 heavy (non-hydrogen) atoms. The molecule has 0 amide bonds. The summed E-state index contributed by atoms with van der Waals surface area (Å²) in [5.41, 5.74) is 4.35. The van der Waals surface area contributed by atoms with Crippen LogP contribution in [0.25, 0.3) is 0 Å². The molecule has 0 unspecified atom stereocenters. The largest absolute Gasteiger partial charge is 0.497 e. The Kier molecular flexibility index (Phi) is 4.55. The molecule has 0 bridgehead atoms. The molecule has 4 nitrogen and oxygen atoms in total. The second kappa shape index (κ2) is 6.56. The first kappa shape index (κ1) is 13.9. The molecule has 0 fully saturated rings. The summed E-state index contributed by atoms with van der Waals surface area (Å²) >= 11 is 0. The van der Waals surface area contributed by atoms with Gasteiger partial charge in [0.15, 0.2) is 0 Å². The summed E-state index contributed by atoms with van der Waals surface area (Å²) in [4.78, 5) is 0. The van der Waals surface area contributed by atoms with Gasteiger partial charge in [0.05, 0.1) is 26.1 Å². The van der Waals surface area contributed by atoms with E-state index in [0.29, 0.717) is 17.2 Å². The molecule has 2 aromatic rings. The Morgan fingerprint density at radius 1 is 1.00 bits per heavy atom. The Labute approximate surface area is 116 Å². The number of ether oxygens (including phenoxy) is 2. The molecule has 0 radical (unpaired) electrons. The quantitative estimate of drug-likeness (QED) is 0.672. The van der Waals surface area contributed by atoms with Crippen LogP contribution in [0.2, 0.25) is 0 Å². The van der Waals surface area contributed by atoms with Gasteiger partial charge in [-0.15, -0.1) is 0 Å². The Hall–Kier alpha value is -2.56. The molecule has 0 aliphatic rings. The standard InChI is InChI=1S/C15H15FN2O2/c1-19-14-7-11(8-15(9-14)20-2)10-17-18-13-5-3-12(16)4-6-13/h3-10,18H,1-2H3/b17-10-. The van der Waals surface area contributed by atoms with E-state index in [9.17, 15) is 4.39 Å². The van der Waals surface area contributed by atoms with Gasteiger partial charge in [0.25, 0.3) is 0 Å². The Morgan fingerprint density at radius 3 is 2.15 bits per heavy atom. The molecule has 0 aliphatic carbocycles. The number of halogens is 1. The highest BCUT2D eigenvalue weighted by atomic mass is 19.1. The number of anilines is 1. The highest BCUT2D eigenvalue weighted by Crippen LogP contribution is 2.21. The average molecular weight is 274 g/mol. The van der Waals surface area contributed by atoms with E-state index in [2.05, 4.69) is 10.5 Å². The van der Waals surface area contributed by atoms with Crippen molar-refractivity contribution < 1.29 is 13.9 Å². The lowest BCUT2D eigenvalue weighted by atomic mass is 10.2. The van der Waals surface area contributed by atoms with E-state index in [0.717, 1.165) is 5.56 Å². The van der Waals surface area contributed by atoms with Gasteiger partial charge in [0, 0.05) is 11.6 Å². The third-order valence-corrected chi connectivity index (χ3v) is 2.63. The summed E-state index contributed by atoms with van der Waals surface area (Å²) in [5, 5.41) is 4.08. The Morgan fingerprint density at radius 2 is 1.60 bits per heavy atom. The van der Waals surface area contributed by atoms with Crippen molar-refractivity contribution in [3.8, 4) is 11.5 Å². The topological polar surface area (TPSA) is 42.8 Å². The van der Waals surface area contributed by atoms with Crippen molar-refractivity contribution in [3.05, 3.63) is 53.8 Å². The molecule has 0 spiro atoms. The fraction of sp³-hybridized carbons (Fsp3) is 0.133. The monoisotopic (exact) mass is 274 g/mol. The van der Waals surface area contributed by atoms with Gasteiger partial charge < -0.3 is 9.47 Å². The molecule has 0 saturated carbocycles.